The molecular weight excluding hydrogens is 160 g/mol. The van der Waals surface area contributed by atoms with Crippen LogP contribution in [0.1, 0.15) is 35.6 Å². The molecule has 2 heteroatoms. The standard InChI is InChI=1S/C11H16N2/c1-7-5-9(12)6-8-3-2-4-10(13)11(7)8/h5-6,10H,2-4,12-13H2,1H3. The van der Waals surface area contributed by atoms with Crippen LogP contribution >= 0.6 is 0 Å². The maximum absolute atomic E-state index is 6.06. The summed E-state index contributed by atoms with van der Waals surface area (Å²) in [5.74, 6) is 0. The van der Waals surface area contributed by atoms with Crippen LogP contribution in [0.2, 0.25) is 0 Å². The summed E-state index contributed by atoms with van der Waals surface area (Å²) in [5, 5.41) is 0. The SMILES string of the molecule is Cc1cc(N)cc2c1C(N)CCC2. The molecule has 2 rings (SSSR count). The summed E-state index contributed by atoms with van der Waals surface area (Å²) in [6.07, 6.45) is 3.43. The van der Waals surface area contributed by atoms with Crippen LogP contribution in [0.5, 0.6) is 0 Å². The average molecular weight is 176 g/mol. The van der Waals surface area contributed by atoms with Gasteiger partial charge in [-0.25, -0.2) is 0 Å². The van der Waals surface area contributed by atoms with Gasteiger partial charge < -0.3 is 11.5 Å². The maximum atomic E-state index is 6.06. The number of hydrogen-bond acceptors (Lipinski definition) is 2. The highest BCUT2D eigenvalue weighted by Crippen LogP contribution is 2.31. The van der Waals surface area contributed by atoms with Crippen molar-refractivity contribution in [2.45, 2.75) is 32.2 Å². The van der Waals surface area contributed by atoms with Crippen LogP contribution in [0.3, 0.4) is 0 Å². The minimum Gasteiger partial charge on any atom is -0.399 e. The Morgan fingerprint density at radius 3 is 2.92 bits per heavy atom. The van der Waals surface area contributed by atoms with E-state index in [4.69, 9.17) is 11.5 Å². The number of rotatable bonds is 0. The molecule has 0 heterocycles. The van der Waals surface area contributed by atoms with Gasteiger partial charge in [-0.2, -0.15) is 0 Å². The largest absolute Gasteiger partial charge is 0.399 e. The number of nitrogen functional groups attached to an aromatic ring is 1. The molecule has 2 nitrogen and oxygen atoms in total. The number of hydrogen-bond donors (Lipinski definition) is 2. The molecule has 70 valence electrons. The summed E-state index contributed by atoms with van der Waals surface area (Å²) >= 11 is 0. The smallest absolute Gasteiger partial charge is 0.0319 e. The van der Waals surface area contributed by atoms with Gasteiger partial charge in [0.15, 0.2) is 0 Å². The fourth-order valence-electron chi connectivity index (χ4n) is 2.30. The molecule has 0 saturated carbocycles. The second-order valence-electron chi connectivity index (χ2n) is 3.91. The van der Waals surface area contributed by atoms with Crippen LogP contribution in [-0.2, 0) is 6.42 Å². The highest BCUT2D eigenvalue weighted by Gasteiger charge is 2.18. The lowest BCUT2D eigenvalue weighted by Gasteiger charge is -2.24. The molecular formula is C11H16N2. The minimum absolute atomic E-state index is 0.226. The number of fused-ring (bicyclic) bond motifs is 1. The summed E-state index contributed by atoms with van der Waals surface area (Å²) in [5.41, 5.74) is 16.7. The van der Waals surface area contributed by atoms with Gasteiger partial charge in [-0.1, -0.05) is 0 Å². The molecule has 1 aromatic rings. The Morgan fingerprint density at radius 1 is 1.38 bits per heavy atom. The van der Waals surface area contributed by atoms with Gasteiger partial charge in [0.25, 0.3) is 0 Å². The number of aryl methyl sites for hydroxylation is 2. The second-order valence-corrected chi connectivity index (χ2v) is 3.91. The molecule has 4 N–H and O–H groups in total. The summed E-state index contributed by atoms with van der Waals surface area (Å²) in [6.45, 7) is 2.10. The van der Waals surface area contributed by atoms with Crippen molar-refractivity contribution >= 4 is 5.69 Å². The minimum atomic E-state index is 0.226. The van der Waals surface area contributed by atoms with E-state index in [1.807, 2.05) is 6.07 Å². The lowest BCUT2D eigenvalue weighted by atomic mass is 9.85. The Morgan fingerprint density at radius 2 is 2.15 bits per heavy atom. The van der Waals surface area contributed by atoms with E-state index in [-0.39, 0.29) is 6.04 Å². The van der Waals surface area contributed by atoms with E-state index in [1.54, 1.807) is 0 Å². The molecule has 0 bridgehead atoms. The Kier molecular flexibility index (Phi) is 2.00. The number of anilines is 1. The van der Waals surface area contributed by atoms with Crippen LogP contribution in [0.4, 0.5) is 5.69 Å². The molecule has 0 saturated heterocycles. The van der Waals surface area contributed by atoms with E-state index in [2.05, 4.69) is 13.0 Å². The van der Waals surface area contributed by atoms with Gasteiger partial charge in [0, 0.05) is 11.7 Å². The van der Waals surface area contributed by atoms with Crippen molar-refractivity contribution in [1.82, 2.24) is 0 Å². The fraction of sp³-hybridized carbons (Fsp3) is 0.455. The Bertz CT molecular complexity index is 331. The van der Waals surface area contributed by atoms with Gasteiger partial charge in [0.05, 0.1) is 0 Å². The topological polar surface area (TPSA) is 52.0 Å². The lowest BCUT2D eigenvalue weighted by molar-refractivity contribution is 0.567. The van der Waals surface area contributed by atoms with Crippen molar-refractivity contribution in [3.63, 3.8) is 0 Å². The van der Waals surface area contributed by atoms with Crippen molar-refractivity contribution < 1.29 is 0 Å². The van der Waals surface area contributed by atoms with Crippen LogP contribution in [0.25, 0.3) is 0 Å². The number of benzene rings is 1. The van der Waals surface area contributed by atoms with Crippen molar-refractivity contribution in [1.29, 1.82) is 0 Å². The van der Waals surface area contributed by atoms with Crippen molar-refractivity contribution in [2.24, 2.45) is 5.73 Å². The first-order valence-electron chi connectivity index (χ1n) is 4.83. The molecule has 0 fully saturated rings. The van der Waals surface area contributed by atoms with E-state index in [0.29, 0.717) is 0 Å². The Hall–Kier alpha value is -1.02. The van der Waals surface area contributed by atoms with E-state index in [0.717, 1.165) is 18.5 Å². The van der Waals surface area contributed by atoms with E-state index in [9.17, 15) is 0 Å². The molecule has 0 radical (unpaired) electrons. The number of nitrogens with two attached hydrogens (primary N) is 2. The highest BCUT2D eigenvalue weighted by molar-refractivity contribution is 5.51. The van der Waals surface area contributed by atoms with Gasteiger partial charge in [0.2, 0.25) is 0 Å². The van der Waals surface area contributed by atoms with Crippen molar-refractivity contribution in [3.8, 4) is 0 Å². The summed E-state index contributed by atoms with van der Waals surface area (Å²) in [7, 11) is 0. The van der Waals surface area contributed by atoms with Crippen molar-refractivity contribution in [3.05, 3.63) is 28.8 Å². The monoisotopic (exact) mass is 176 g/mol. The zero-order valence-corrected chi connectivity index (χ0v) is 8.01. The van der Waals surface area contributed by atoms with E-state index < -0.39 is 0 Å². The second kappa shape index (κ2) is 3.04. The van der Waals surface area contributed by atoms with Crippen LogP contribution in [-0.4, -0.2) is 0 Å². The molecule has 1 atom stereocenters. The van der Waals surface area contributed by atoms with Crippen LogP contribution in [0.15, 0.2) is 12.1 Å². The summed E-state index contributed by atoms with van der Waals surface area (Å²) in [4.78, 5) is 0. The molecule has 1 aliphatic carbocycles. The first-order valence-corrected chi connectivity index (χ1v) is 4.83. The van der Waals surface area contributed by atoms with E-state index >= 15 is 0 Å². The molecule has 0 aromatic heterocycles. The predicted octanol–water partition coefficient (Wildman–Crippen LogP) is 1.91. The zero-order valence-electron chi connectivity index (χ0n) is 8.01. The van der Waals surface area contributed by atoms with Crippen LogP contribution in [0, 0.1) is 6.92 Å². The molecule has 0 aliphatic heterocycles. The first-order chi connectivity index (χ1) is 6.18. The molecule has 1 aliphatic rings. The van der Waals surface area contributed by atoms with E-state index in [1.165, 1.54) is 23.1 Å². The first kappa shape index (κ1) is 8.57. The summed E-state index contributed by atoms with van der Waals surface area (Å²) < 4.78 is 0. The summed E-state index contributed by atoms with van der Waals surface area (Å²) in [6, 6.07) is 4.31. The molecule has 1 aromatic carbocycles. The zero-order chi connectivity index (χ0) is 9.42. The van der Waals surface area contributed by atoms with Gasteiger partial charge in [-0.05, 0) is 55.0 Å². The third kappa shape index (κ3) is 1.42. The maximum Gasteiger partial charge on any atom is 0.0319 e. The third-order valence-corrected chi connectivity index (χ3v) is 2.83. The molecule has 1 unspecified atom stereocenters. The Balaban J connectivity index is 2.56. The molecule has 0 spiro atoms. The van der Waals surface area contributed by atoms with Gasteiger partial charge in [0.1, 0.15) is 0 Å². The predicted molar refractivity (Wildman–Crippen MR) is 55.5 cm³/mol. The molecule has 0 amide bonds. The molecule has 13 heavy (non-hydrogen) atoms. The van der Waals surface area contributed by atoms with Gasteiger partial charge in [-0.15, -0.1) is 0 Å². The van der Waals surface area contributed by atoms with Crippen LogP contribution < -0.4 is 11.5 Å². The third-order valence-electron chi connectivity index (χ3n) is 2.83. The average Bonchev–Trinajstić information content (AvgIpc) is 2.02. The normalized spacial score (nSPS) is 21.2. The Labute approximate surface area is 78.9 Å². The van der Waals surface area contributed by atoms with Gasteiger partial charge >= 0.3 is 0 Å². The fourth-order valence-corrected chi connectivity index (χ4v) is 2.30. The lowest BCUT2D eigenvalue weighted by Crippen LogP contribution is -2.19. The highest BCUT2D eigenvalue weighted by atomic mass is 14.6. The van der Waals surface area contributed by atoms with Crippen molar-refractivity contribution in [2.75, 3.05) is 5.73 Å². The van der Waals surface area contributed by atoms with Gasteiger partial charge in [-0.3, -0.25) is 0 Å². The quantitative estimate of drug-likeness (QED) is 0.593.